The van der Waals surface area contributed by atoms with Crippen LogP contribution in [0.15, 0.2) is 30.3 Å². The Hall–Kier alpha value is -1.89. The number of carbonyl (C=O) groups excluding carboxylic acids is 2. The van der Waals surface area contributed by atoms with Gasteiger partial charge in [0.1, 0.15) is 15.9 Å². The molecule has 2 amide bonds. The molecule has 0 bridgehead atoms. The summed E-state index contributed by atoms with van der Waals surface area (Å²) in [6, 6.07) is 9.14. The Morgan fingerprint density at radius 3 is 2.48 bits per heavy atom. The fourth-order valence-electron chi connectivity index (χ4n) is 2.65. The Bertz CT molecular complexity index is 673. The molecular formula is C16H22N2O4S. The Morgan fingerprint density at radius 2 is 1.87 bits per heavy atom. The molecule has 1 aromatic carbocycles. The van der Waals surface area contributed by atoms with Gasteiger partial charge in [-0.3, -0.25) is 9.59 Å². The summed E-state index contributed by atoms with van der Waals surface area (Å²) in [7, 11) is -3.18. The van der Waals surface area contributed by atoms with Crippen LogP contribution < -0.4 is 0 Å². The smallest absolute Gasteiger partial charge is 0.245 e. The highest BCUT2D eigenvalue weighted by Crippen LogP contribution is 2.15. The van der Waals surface area contributed by atoms with E-state index in [9.17, 15) is 18.0 Å². The quantitative estimate of drug-likeness (QED) is 0.791. The number of rotatable bonds is 5. The number of piperazine rings is 1. The molecule has 7 heteroatoms. The molecule has 0 radical (unpaired) electrons. The summed E-state index contributed by atoms with van der Waals surface area (Å²) in [5.74, 6) is -0.569. The van der Waals surface area contributed by atoms with Crippen LogP contribution in [0.25, 0.3) is 0 Å². The molecule has 0 N–H and O–H groups in total. The molecule has 1 heterocycles. The maximum Gasteiger partial charge on any atom is 0.245 e. The van der Waals surface area contributed by atoms with E-state index in [0.29, 0.717) is 19.6 Å². The van der Waals surface area contributed by atoms with Crippen molar-refractivity contribution in [3.63, 3.8) is 0 Å². The van der Waals surface area contributed by atoms with Crippen molar-refractivity contribution in [3.8, 4) is 0 Å². The Morgan fingerprint density at radius 1 is 1.22 bits per heavy atom. The van der Waals surface area contributed by atoms with Crippen LogP contribution in [0, 0.1) is 0 Å². The molecule has 0 aliphatic carbocycles. The van der Waals surface area contributed by atoms with Crippen LogP contribution in [0.2, 0.25) is 0 Å². The topological polar surface area (TPSA) is 74.8 Å². The SMILES string of the molecule is CC1C(=O)N(Cc2ccccc2)CCN1C(=O)CCS(C)(=O)=O. The molecule has 2 rings (SSSR count). The molecule has 23 heavy (non-hydrogen) atoms. The van der Waals surface area contributed by atoms with Crippen molar-refractivity contribution >= 4 is 21.7 Å². The first-order valence-electron chi connectivity index (χ1n) is 7.58. The lowest BCUT2D eigenvalue weighted by Gasteiger charge is -2.39. The van der Waals surface area contributed by atoms with E-state index >= 15 is 0 Å². The monoisotopic (exact) mass is 338 g/mol. The number of benzene rings is 1. The standard InChI is InChI=1S/C16H22N2O4S/c1-13-16(20)17(12-14-6-4-3-5-7-14)9-10-18(13)15(19)8-11-23(2,21)22/h3-7,13H,8-12H2,1-2H3. The van der Waals surface area contributed by atoms with E-state index in [1.165, 1.54) is 4.90 Å². The van der Waals surface area contributed by atoms with Gasteiger partial charge in [0.25, 0.3) is 0 Å². The molecule has 0 saturated carbocycles. The lowest BCUT2D eigenvalue weighted by molar-refractivity contribution is -0.150. The third-order valence-electron chi connectivity index (χ3n) is 3.97. The van der Waals surface area contributed by atoms with E-state index in [4.69, 9.17) is 0 Å². The van der Waals surface area contributed by atoms with Crippen molar-refractivity contribution in [2.24, 2.45) is 0 Å². The van der Waals surface area contributed by atoms with E-state index in [0.717, 1.165) is 11.8 Å². The van der Waals surface area contributed by atoms with Gasteiger partial charge < -0.3 is 9.80 Å². The summed E-state index contributed by atoms with van der Waals surface area (Å²) in [5, 5.41) is 0. The van der Waals surface area contributed by atoms with E-state index < -0.39 is 15.9 Å². The summed E-state index contributed by atoms with van der Waals surface area (Å²) in [5.41, 5.74) is 1.05. The first kappa shape index (κ1) is 17.5. The van der Waals surface area contributed by atoms with Crippen LogP contribution in [0.3, 0.4) is 0 Å². The van der Waals surface area contributed by atoms with Gasteiger partial charge in [-0.05, 0) is 12.5 Å². The number of carbonyl (C=O) groups is 2. The van der Waals surface area contributed by atoms with E-state index in [1.807, 2.05) is 30.3 Å². The van der Waals surface area contributed by atoms with Gasteiger partial charge >= 0.3 is 0 Å². The van der Waals surface area contributed by atoms with E-state index in [2.05, 4.69) is 0 Å². The minimum Gasteiger partial charge on any atom is -0.335 e. The number of hydrogen-bond acceptors (Lipinski definition) is 4. The third kappa shape index (κ3) is 4.79. The summed E-state index contributed by atoms with van der Waals surface area (Å²) in [6.45, 7) is 3.11. The van der Waals surface area contributed by atoms with E-state index in [1.54, 1.807) is 11.8 Å². The highest BCUT2D eigenvalue weighted by molar-refractivity contribution is 7.90. The van der Waals surface area contributed by atoms with Crippen molar-refractivity contribution in [1.82, 2.24) is 9.80 Å². The van der Waals surface area contributed by atoms with Crippen molar-refractivity contribution in [2.45, 2.75) is 25.9 Å². The molecular weight excluding hydrogens is 316 g/mol. The molecule has 1 aliphatic rings. The largest absolute Gasteiger partial charge is 0.335 e. The summed E-state index contributed by atoms with van der Waals surface area (Å²) < 4.78 is 22.3. The predicted octanol–water partition coefficient (Wildman–Crippen LogP) is 0.681. The van der Waals surface area contributed by atoms with Gasteiger partial charge in [-0.15, -0.1) is 0 Å². The third-order valence-corrected chi connectivity index (χ3v) is 4.92. The number of sulfone groups is 1. The van der Waals surface area contributed by atoms with Gasteiger partial charge in [-0.2, -0.15) is 0 Å². The summed E-state index contributed by atoms with van der Waals surface area (Å²) in [4.78, 5) is 27.8. The zero-order chi connectivity index (χ0) is 17.0. The highest BCUT2D eigenvalue weighted by atomic mass is 32.2. The molecule has 1 atom stereocenters. The Labute approximate surface area is 137 Å². The Kier molecular flexibility index (Phi) is 5.41. The van der Waals surface area contributed by atoms with Gasteiger partial charge in [-0.1, -0.05) is 30.3 Å². The maximum absolute atomic E-state index is 12.5. The van der Waals surface area contributed by atoms with Crippen molar-refractivity contribution in [2.75, 3.05) is 25.1 Å². The van der Waals surface area contributed by atoms with E-state index in [-0.39, 0.29) is 24.0 Å². The van der Waals surface area contributed by atoms with Crippen molar-refractivity contribution < 1.29 is 18.0 Å². The van der Waals surface area contributed by atoms with Gasteiger partial charge in [0.15, 0.2) is 0 Å². The average molecular weight is 338 g/mol. The molecule has 1 fully saturated rings. The highest BCUT2D eigenvalue weighted by Gasteiger charge is 2.34. The lowest BCUT2D eigenvalue weighted by Crippen LogP contribution is -2.57. The van der Waals surface area contributed by atoms with Crippen molar-refractivity contribution in [3.05, 3.63) is 35.9 Å². The minimum atomic E-state index is -3.18. The fourth-order valence-corrected chi connectivity index (χ4v) is 3.19. The predicted molar refractivity (Wildman–Crippen MR) is 87.4 cm³/mol. The first-order valence-corrected chi connectivity index (χ1v) is 9.64. The van der Waals surface area contributed by atoms with Gasteiger partial charge in [0.2, 0.25) is 11.8 Å². The van der Waals surface area contributed by atoms with Gasteiger partial charge in [0, 0.05) is 32.3 Å². The molecule has 1 aromatic rings. The van der Waals surface area contributed by atoms with Crippen LogP contribution >= 0.6 is 0 Å². The minimum absolute atomic E-state index is 0.0743. The second-order valence-electron chi connectivity index (χ2n) is 5.89. The number of nitrogens with zero attached hydrogens (tertiary/aromatic N) is 2. The summed E-state index contributed by atoms with van der Waals surface area (Å²) >= 11 is 0. The zero-order valence-corrected chi connectivity index (χ0v) is 14.3. The normalized spacial score (nSPS) is 19.0. The molecule has 0 spiro atoms. The molecule has 126 valence electrons. The number of amides is 2. The average Bonchev–Trinajstić information content (AvgIpc) is 2.50. The summed E-state index contributed by atoms with van der Waals surface area (Å²) in [6.07, 6.45) is 1.03. The van der Waals surface area contributed by atoms with Crippen LogP contribution in [-0.4, -0.2) is 61.2 Å². The molecule has 0 aromatic heterocycles. The van der Waals surface area contributed by atoms with Crippen LogP contribution in [0.5, 0.6) is 0 Å². The number of hydrogen-bond donors (Lipinski definition) is 0. The van der Waals surface area contributed by atoms with Crippen molar-refractivity contribution in [1.29, 1.82) is 0 Å². The Balaban J connectivity index is 1.96. The van der Waals surface area contributed by atoms with Crippen LogP contribution in [0.4, 0.5) is 0 Å². The van der Waals surface area contributed by atoms with Crippen LogP contribution in [-0.2, 0) is 26.0 Å². The molecule has 1 aliphatic heterocycles. The maximum atomic E-state index is 12.5. The fraction of sp³-hybridized carbons (Fsp3) is 0.500. The lowest BCUT2D eigenvalue weighted by atomic mass is 10.1. The zero-order valence-electron chi connectivity index (χ0n) is 13.4. The van der Waals surface area contributed by atoms with Gasteiger partial charge in [0.05, 0.1) is 5.75 Å². The first-order chi connectivity index (χ1) is 10.8. The second kappa shape index (κ2) is 7.12. The molecule has 6 nitrogen and oxygen atoms in total. The second-order valence-corrected chi connectivity index (χ2v) is 8.15. The molecule has 1 saturated heterocycles. The van der Waals surface area contributed by atoms with Gasteiger partial charge in [-0.25, -0.2) is 8.42 Å². The van der Waals surface area contributed by atoms with Crippen LogP contribution in [0.1, 0.15) is 18.9 Å². The molecule has 1 unspecified atom stereocenters.